The summed E-state index contributed by atoms with van der Waals surface area (Å²) in [6.07, 6.45) is 13.2. The van der Waals surface area contributed by atoms with Gasteiger partial charge in [-0.2, -0.15) is 0 Å². The summed E-state index contributed by atoms with van der Waals surface area (Å²) < 4.78 is 0. The molecule has 0 saturated heterocycles. The van der Waals surface area contributed by atoms with Gasteiger partial charge >= 0.3 is 0 Å². The first-order chi connectivity index (χ1) is 10.3. The molecule has 3 heteroatoms. The van der Waals surface area contributed by atoms with Crippen LogP contribution < -0.4 is 0 Å². The second-order valence-electron chi connectivity index (χ2n) is 6.73. The zero-order valence-electron chi connectivity index (χ0n) is 13.1. The molecule has 0 N–H and O–H groups in total. The van der Waals surface area contributed by atoms with E-state index in [9.17, 15) is 4.79 Å². The maximum atomic E-state index is 12.0. The first-order valence-corrected chi connectivity index (χ1v) is 8.67. The highest BCUT2D eigenvalue weighted by Crippen LogP contribution is 2.36. The fraction of sp³-hybridized carbons (Fsp3) is 0.722. The Kier molecular flexibility index (Phi) is 4.67. The molecule has 1 saturated carbocycles. The highest BCUT2D eigenvalue weighted by Gasteiger charge is 2.25. The van der Waals surface area contributed by atoms with Crippen molar-refractivity contribution in [1.82, 2.24) is 9.97 Å². The van der Waals surface area contributed by atoms with E-state index in [0.29, 0.717) is 12.3 Å². The molecule has 1 aromatic heterocycles. The molecule has 1 heterocycles. The van der Waals surface area contributed by atoms with Crippen molar-refractivity contribution < 1.29 is 4.79 Å². The number of carbonyl (C=O) groups is 1. The lowest BCUT2D eigenvalue weighted by Gasteiger charge is -2.27. The van der Waals surface area contributed by atoms with Crippen molar-refractivity contribution in [1.29, 1.82) is 0 Å². The number of hydrogen-bond donors (Lipinski definition) is 0. The normalized spacial score (nSPS) is 26.2. The molecule has 21 heavy (non-hydrogen) atoms. The molecule has 0 spiro atoms. The van der Waals surface area contributed by atoms with Gasteiger partial charge in [-0.3, -0.25) is 4.79 Å². The first kappa shape index (κ1) is 14.7. The monoisotopic (exact) mass is 286 g/mol. The lowest BCUT2D eigenvalue weighted by Crippen LogP contribution is -2.17. The molecular weight excluding hydrogens is 260 g/mol. The number of ketones is 1. The third-order valence-corrected chi connectivity index (χ3v) is 5.16. The summed E-state index contributed by atoms with van der Waals surface area (Å²) in [7, 11) is 0. The van der Waals surface area contributed by atoms with E-state index in [0.717, 1.165) is 42.3 Å². The predicted octanol–water partition coefficient (Wildman–Crippen LogP) is 4.46. The van der Waals surface area contributed by atoms with Gasteiger partial charge in [-0.05, 0) is 50.9 Å². The van der Waals surface area contributed by atoms with Crippen molar-refractivity contribution in [2.75, 3.05) is 0 Å². The number of aryl methyl sites for hydroxylation is 1. The van der Waals surface area contributed by atoms with E-state index in [4.69, 9.17) is 4.98 Å². The van der Waals surface area contributed by atoms with Gasteiger partial charge in [-0.1, -0.05) is 19.8 Å². The lowest BCUT2D eigenvalue weighted by molar-refractivity contribution is 0.0981. The quantitative estimate of drug-likeness (QED) is 0.770. The Morgan fingerprint density at radius 2 is 1.90 bits per heavy atom. The maximum Gasteiger partial charge on any atom is 0.166 e. The van der Waals surface area contributed by atoms with E-state index in [-0.39, 0.29) is 5.78 Å². The average Bonchev–Trinajstić information content (AvgIpc) is 2.70. The Bertz CT molecular complexity index is 504. The summed E-state index contributed by atoms with van der Waals surface area (Å²) >= 11 is 0. The van der Waals surface area contributed by atoms with Gasteiger partial charge < -0.3 is 0 Å². The van der Waals surface area contributed by atoms with Gasteiger partial charge in [-0.15, -0.1) is 0 Å². The first-order valence-electron chi connectivity index (χ1n) is 8.67. The maximum absolute atomic E-state index is 12.0. The van der Waals surface area contributed by atoms with Gasteiger partial charge in [0.1, 0.15) is 5.82 Å². The molecule has 0 radical (unpaired) electrons. The molecule has 3 nitrogen and oxygen atoms in total. The average molecular weight is 286 g/mol. The zero-order chi connectivity index (χ0) is 14.7. The number of fused-ring (bicyclic) bond motifs is 1. The number of aromatic nitrogens is 2. The minimum atomic E-state index is 0.237. The summed E-state index contributed by atoms with van der Waals surface area (Å²) in [6.45, 7) is 2.28. The topological polar surface area (TPSA) is 42.9 Å². The third-order valence-electron chi connectivity index (χ3n) is 5.16. The molecule has 0 aromatic carbocycles. The molecule has 0 aliphatic heterocycles. The van der Waals surface area contributed by atoms with Gasteiger partial charge in [0.15, 0.2) is 5.78 Å². The Balaban J connectivity index is 1.72. The van der Waals surface area contributed by atoms with Crippen LogP contribution in [0.3, 0.4) is 0 Å². The standard InChI is InChI=1S/C18H26N2O/c1-2-5-13-8-10-14(11-9-13)18-19-12-15-16(20-18)6-3-4-7-17(15)21/h12-14H,2-11H2,1H3. The molecule has 114 valence electrons. The molecule has 0 atom stereocenters. The van der Waals surface area contributed by atoms with Crippen LogP contribution >= 0.6 is 0 Å². The molecule has 0 unspecified atom stereocenters. The number of nitrogens with zero attached hydrogens (tertiary/aromatic N) is 2. The highest BCUT2D eigenvalue weighted by molar-refractivity contribution is 5.97. The Morgan fingerprint density at radius 1 is 1.14 bits per heavy atom. The summed E-state index contributed by atoms with van der Waals surface area (Å²) in [5, 5.41) is 0. The Hall–Kier alpha value is -1.25. The lowest BCUT2D eigenvalue weighted by atomic mass is 9.79. The van der Waals surface area contributed by atoms with Gasteiger partial charge in [-0.25, -0.2) is 9.97 Å². The molecule has 0 bridgehead atoms. The van der Waals surface area contributed by atoms with Gasteiger partial charge in [0, 0.05) is 18.5 Å². The Morgan fingerprint density at radius 3 is 2.67 bits per heavy atom. The summed E-state index contributed by atoms with van der Waals surface area (Å²) in [5.74, 6) is 2.66. The fourth-order valence-electron chi connectivity index (χ4n) is 3.88. The second-order valence-corrected chi connectivity index (χ2v) is 6.73. The van der Waals surface area contributed by atoms with Crippen molar-refractivity contribution in [3.05, 3.63) is 23.3 Å². The number of rotatable bonds is 3. The number of hydrogen-bond acceptors (Lipinski definition) is 3. The van der Waals surface area contributed by atoms with E-state index < -0.39 is 0 Å². The summed E-state index contributed by atoms with van der Waals surface area (Å²) in [4.78, 5) is 21.4. The SMILES string of the molecule is CCCC1CCC(c2ncc3c(n2)CCCCC3=O)CC1. The van der Waals surface area contributed by atoms with Crippen LogP contribution in [0.1, 0.15) is 92.5 Å². The van der Waals surface area contributed by atoms with Crippen LogP contribution in [0.2, 0.25) is 0 Å². The Labute approximate surface area is 127 Å². The number of carbonyl (C=O) groups excluding carboxylic acids is 1. The van der Waals surface area contributed by atoms with Gasteiger partial charge in [0.25, 0.3) is 0 Å². The van der Waals surface area contributed by atoms with Crippen LogP contribution in [-0.2, 0) is 6.42 Å². The van der Waals surface area contributed by atoms with E-state index in [1.807, 2.05) is 6.20 Å². The minimum absolute atomic E-state index is 0.237. The zero-order valence-corrected chi connectivity index (χ0v) is 13.1. The highest BCUT2D eigenvalue weighted by atomic mass is 16.1. The molecule has 2 aliphatic rings. The molecule has 2 aliphatic carbocycles. The van der Waals surface area contributed by atoms with E-state index >= 15 is 0 Å². The second kappa shape index (κ2) is 6.67. The fourth-order valence-corrected chi connectivity index (χ4v) is 3.88. The summed E-state index contributed by atoms with van der Waals surface area (Å²) in [5.41, 5.74) is 1.80. The third kappa shape index (κ3) is 3.33. The van der Waals surface area contributed by atoms with Crippen LogP contribution in [0.25, 0.3) is 0 Å². The molecule has 3 rings (SSSR count). The van der Waals surface area contributed by atoms with Crippen molar-refractivity contribution in [2.24, 2.45) is 5.92 Å². The minimum Gasteiger partial charge on any atom is -0.294 e. The molecular formula is C18H26N2O. The predicted molar refractivity (Wildman–Crippen MR) is 83.5 cm³/mol. The number of Topliss-reactive ketones (excluding diaryl/α,β-unsaturated/α-hetero) is 1. The van der Waals surface area contributed by atoms with Crippen molar-refractivity contribution in [2.45, 2.75) is 77.0 Å². The molecule has 1 fully saturated rings. The van der Waals surface area contributed by atoms with Crippen LogP contribution in [0.15, 0.2) is 6.20 Å². The largest absolute Gasteiger partial charge is 0.294 e. The summed E-state index contributed by atoms with van der Waals surface area (Å²) in [6, 6.07) is 0. The van der Waals surface area contributed by atoms with Crippen molar-refractivity contribution in [3.8, 4) is 0 Å². The van der Waals surface area contributed by atoms with Crippen molar-refractivity contribution >= 4 is 5.78 Å². The van der Waals surface area contributed by atoms with E-state index in [1.165, 1.54) is 38.5 Å². The van der Waals surface area contributed by atoms with Crippen LogP contribution in [0.5, 0.6) is 0 Å². The van der Waals surface area contributed by atoms with Crippen LogP contribution in [0.4, 0.5) is 0 Å². The molecule has 0 amide bonds. The van der Waals surface area contributed by atoms with Gasteiger partial charge in [0.2, 0.25) is 0 Å². The van der Waals surface area contributed by atoms with Crippen molar-refractivity contribution in [3.63, 3.8) is 0 Å². The van der Waals surface area contributed by atoms with Gasteiger partial charge in [0.05, 0.1) is 11.3 Å². The van der Waals surface area contributed by atoms with Crippen LogP contribution in [-0.4, -0.2) is 15.8 Å². The van der Waals surface area contributed by atoms with Crippen LogP contribution in [0, 0.1) is 5.92 Å². The smallest absolute Gasteiger partial charge is 0.166 e. The van der Waals surface area contributed by atoms with E-state index in [2.05, 4.69) is 11.9 Å². The van der Waals surface area contributed by atoms with E-state index in [1.54, 1.807) is 0 Å². The molecule has 1 aromatic rings.